The molecule has 0 saturated heterocycles. The fraction of sp³-hybridized carbons (Fsp3) is 0.400. The highest BCUT2D eigenvalue weighted by Gasteiger charge is 2.05. The number of aromatic hydroxyl groups is 1. The molecule has 0 aliphatic carbocycles. The Balaban J connectivity index is 3.03. The zero-order valence-electron chi connectivity index (χ0n) is 7.66. The second-order valence-corrected chi connectivity index (χ2v) is 3.08. The molecule has 1 aromatic carbocycles. The molecule has 1 rings (SSSR count). The standard InChI is InChI=1S/C10H14O2/c1-7(2)9-5-4-8(12-3)6-10(9)11/h4-7,11H,1-3H3. The first-order valence-electron chi connectivity index (χ1n) is 4.02. The van der Waals surface area contributed by atoms with Crippen molar-refractivity contribution in [2.75, 3.05) is 7.11 Å². The van der Waals surface area contributed by atoms with E-state index >= 15 is 0 Å². The first-order chi connectivity index (χ1) is 5.65. The van der Waals surface area contributed by atoms with E-state index in [1.165, 1.54) is 0 Å². The fourth-order valence-electron chi connectivity index (χ4n) is 1.14. The van der Waals surface area contributed by atoms with Crippen molar-refractivity contribution in [1.82, 2.24) is 0 Å². The molecule has 2 nitrogen and oxygen atoms in total. The quantitative estimate of drug-likeness (QED) is 0.731. The van der Waals surface area contributed by atoms with Crippen molar-refractivity contribution >= 4 is 0 Å². The Morgan fingerprint density at radius 2 is 2.00 bits per heavy atom. The van der Waals surface area contributed by atoms with Crippen LogP contribution in [0.5, 0.6) is 11.5 Å². The van der Waals surface area contributed by atoms with Gasteiger partial charge in [-0.1, -0.05) is 19.9 Å². The highest BCUT2D eigenvalue weighted by Crippen LogP contribution is 2.28. The Labute approximate surface area is 72.8 Å². The molecule has 0 atom stereocenters. The summed E-state index contributed by atoms with van der Waals surface area (Å²) in [6, 6.07) is 5.38. The molecule has 0 heterocycles. The number of phenolic OH excluding ortho intramolecular Hbond substituents is 1. The molecule has 0 radical (unpaired) electrons. The Hall–Kier alpha value is -1.18. The third-order valence-electron chi connectivity index (χ3n) is 1.86. The molecule has 0 fully saturated rings. The summed E-state index contributed by atoms with van der Waals surface area (Å²) in [5.74, 6) is 1.34. The van der Waals surface area contributed by atoms with E-state index in [9.17, 15) is 5.11 Å². The largest absolute Gasteiger partial charge is 0.508 e. The third kappa shape index (κ3) is 1.70. The second kappa shape index (κ2) is 3.48. The summed E-state index contributed by atoms with van der Waals surface area (Å²) >= 11 is 0. The van der Waals surface area contributed by atoms with Crippen molar-refractivity contribution in [2.45, 2.75) is 19.8 Å². The molecule has 0 bridgehead atoms. The monoisotopic (exact) mass is 166 g/mol. The zero-order valence-corrected chi connectivity index (χ0v) is 7.66. The summed E-state index contributed by atoms with van der Waals surface area (Å²) in [7, 11) is 1.59. The van der Waals surface area contributed by atoms with Crippen molar-refractivity contribution in [2.24, 2.45) is 0 Å². The molecule has 0 amide bonds. The molecule has 0 aliphatic heterocycles. The van der Waals surface area contributed by atoms with Crippen LogP contribution in [0.25, 0.3) is 0 Å². The van der Waals surface area contributed by atoms with Crippen molar-refractivity contribution in [3.05, 3.63) is 23.8 Å². The first-order valence-corrected chi connectivity index (χ1v) is 4.02. The summed E-state index contributed by atoms with van der Waals surface area (Å²) in [5, 5.41) is 9.51. The molecule has 12 heavy (non-hydrogen) atoms. The number of methoxy groups -OCH3 is 1. The van der Waals surface area contributed by atoms with Crippen LogP contribution in [0.2, 0.25) is 0 Å². The predicted molar refractivity (Wildman–Crippen MR) is 48.7 cm³/mol. The van der Waals surface area contributed by atoms with Gasteiger partial charge in [0.2, 0.25) is 0 Å². The van der Waals surface area contributed by atoms with Gasteiger partial charge in [-0.15, -0.1) is 0 Å². The lowest BCUT2D eigenvalue weighted by Crippen LogP contribution is -1.89. The first kappa shape index (κ1) is 8.91. The molecule has 1 N–H and O–H groups in total. The molecular weight excluding hydrogens is 152 g/mol. The summed E-state index contributed by atoms with van der Waals surface area (Å²) in [6.07, 6.45) is 0. The van der Waals surface area contributed by atoms with Crippen LogP contribution in [-0.2, 0) is 0 Å². The average molecular weight is 166 g/mol. The summed E-state index contributed by atoms with van der Waals surface area (Å²) in [6.45, 7) is 4.09. The van der Waals surface area contributed by atoms with Crippen molar-refractivity contribution < 1.29 is 9.84 Å². The van der Waals surface area contributed by atoms with E-state index in [4.69, 9.17) is 4.74 Å². The number of benzene rings is 1. The number of phenols is 1. The van der Waals surface area contributed by atoms with E-state index in [1.54, 1.807) is 13.2 Å². The van der Waals surface area contributed by atoms with Crippen LogP contribution in [0.4, 0.5) is 0 Å². The van der Waals surface area contributed by atoms with Gasteiger partial charge in [0, 0.05) is 6.07 Å². The minimum atomic E-state index is 0.310. The van der Waals surface area contributed by atoms with Gasteiger partial charge in [0.25, 0.3) is 0 Å². The summed E-state index contributed by atoms with van der Waals surface area (Å²) in [5.41, 5.74) is 0.954. The van der Waals surface area contributed by atoms with E-state index in [2.05, 4.69) is 0 Å². The van der Waals surface area contributed by atoms with Crippen LogP contribution >= 0.6 is 0 Å². The van der Waals surface area contributed by atoms with Gasteiger partial charge in [-0.05, 0) is 17.5 Å². The van der Waals surface area contributed by atoms with Gasteiger partial charge in [-0.3, -0.25) is 0 Å². The highest BCUT2D eigenvalue weighted by molar-refractivity contribution is 5.41. The van der Waals surface area contributed by atoms with E-state index in [-0.39, 0.29) is 0 Å². The zero-order chi connectivity index (χ0) is 9.14. The lowest BCUT2D eigenvalue weighted by molar-refractivity contribution is 0.406. The van der Waals surface area contributed by atoms with E-state index in [0.29, 0.717) is 17.4 Å². The maximum absolute atomic E-state index is 9.51. The van der Waals surface area contributed by atoms with Gasteiger partial charge >= 0.3 is 0 Å². The van der Waals surface area contributed by atoms with Crippen LogP contribution in [0, 0.1) is 0 Å². The Bertz CT molecular complexity index is 267. The summed E-state index contributed by atoms with van der Waals surface area (Å²) in [4.78, 5) is 0. The topological polar surface area (TPSA) is 29.5 Å². The number of hydrogen-bond acceptors (Lipinski definition) is 2. The molecule has 1 aromatic rings. The molecular formula is C10H14O2. The van der Waals surface area contributed by atoms with Crippen LogP contribution in [0.3, 0.4) is 0 Å². The lowest BCUT2D eigenvalue weighted by Gasteiger charge is -2.08. The number of ether oxygens (including phenoxy) is 1. The molecule has 0 aromatic heterocycles. The SMILES string of the molecule is COc1ccc(C(C)C)c(O)c1. The smallest absolute Gasteiger partial charge is 0.122 e. The molecule has 0 spiro atoms. The van der Waals surface area contributed by atoms with Crippen LogP contribution < -0.4 is 4.74 Å². The Morgan fingerprint density at radius 3 is 2.42 bits per heavy atom. The van der Waals surface area contributed by atoms with Gasteiger partial charge in [-0.2, -0.15) is 0 Å². The summed E-state index contributed by atoms with van der Waals surface area (Å²) < 4.78 is 4.97. The van der Waals surface area contributed by atoms with Gasteiger partial charge in [0.15, 0.2) is 0 Å². The average Bonchev–Trinajstić information content (AvgIpc) is 2.03. The Kier molecular flexibility index (Phi) is 2.58. The van der Waals surface area contributed by atoms with Gasteiger partial charge in [0.1, 0.15) is 11.5 Å². The van der Waals surface area contributed by atoms with Crippen molar-refractivity contribution in [3.8, 4) is 11.5 Å². The van der Waals surface area contributed by atoms with Gasteiger partial charge < -0.3 is 9.84 Å². The van der Waals surface area contributed by atoms with Gasteiger partial charge in [0.05, 0.1) is 7.11 Å². The van der Waals surface area contributed by atoms with Gasteiger partial charge in [-0.25, -0.2) is 0 Å². The van der Waals surface area contributed by atoms with Crippen LogP contribution in [0.1, 0.15) is 25.3 Å². The maximum atomic E-state index is 9.51. The molecule has 0 unspecified atom stereocenters. The molecule has 66 valence electrons. The van der Waals surface area contributed by atoms with E-state index in [1.807, 2.05) is 26.0 Å². The minimum absolute atomic E-state index is 0.310. The maximum Gasteiger partial charge on any atom is 0.122 e. The lowest BCUT2D eigenvalue weighted by atomic mass is 10.0. The molecule has 0 aliphatic rings. The molecule has 0 saturated carbocycles. The third-order valence-corrected chi connectivity index (χ3v) is 1.86. The van der Waals surface area contributed by atoms with Crippen LogP contribution in [-0.4, -0.2) is 12.2 Å². The van der Waals surface area contributed by atoms with Crippen molar-refractivity contribution in [3.63, 3.8) is 0 Å². The van der Waals surface area contributed by atoms with E-state index < -0.39 is 0 Å². The van der Waals surface area contributed by atoms with Crippen LogP contribution in [0.15, 0.2) is 18.2 Å². The highest BCUT2D eigenvalue weighted by atomic mass is 16.5. The predicted octanol–water partition coefficient (Wildman–Crippen LogP) is 2.52. The second-order valence-electron chi connectivity index (χ2n) is 3.08. The van der Waals surface area contributed by atoms with E-state index in [0.717, 1.165) is 5.56 Å². The number of rotatable bonds is 2. The fourth-order valence-corrected chi connectivity index (χ4v) is 1.14. The van der Waals surface area contributed by atoms with Crippen molar-refractivity contribution in [1.29, 1.82) is 0 Å². The normalized spacial score (nSPS) is 10.3. The number of hydrogen-bond donors (Lipinski definition) is 1. The minimum Gasteiger partial charge on any atom is -0.508 e. The Morgan fingerprint density at radius 1 is 1.33 bits per heavy atom. The molecule has 2 heteroatoms.